The van der Waals surface area contributed by atoms with Crippen molar-refractivity contribution in [3.05, 3.63) is 58.9 Å². The van der Waals surface area contributed by atoms with E-state index < -0.39 is 0 Å². The van der Waals surface area contributed by atoms with E-state index in [9.17, 15) is 0 Å². The summed E-state index contributed by atoms with van der Waals surface area (Å²) in [6.07, 6.45) is 1.77. The molecule has 0 radical (unpaired) electrons. The van der Waals surface area contributed by atoms with E-state index in [0.29, 0.717) is 5.02 Å². The van der Waals surface area contributed by atoms with Gasteiger partial charge in [-0.05, 0) is 19.1 Å². The first-order valence-corrected chi connectivity index (χ1v) is 9.11. The number of nitrogens with zero attached hydrogens (tertiary/aromatic N) is 4. The molecule has 136 valence electrons. The fourth-order valence-electron chi connectivity index (χ4n) is 3.17. The van der Waals surface area contributed by atoms with Crippen LogP contribution >= 0.6 is 11.6 Å². The Balaban J connectivity index is 1.30. The first-order chi connectivity index (χ1) is 12.7. The summed E-state index contributed by atoms with van der Waals surface area (Å²) in [5, 5.41) is 4.64. The first kappa shape index (κ1) is 17.3. The molecule has 1 aliphatic rings. The molecule has 0 aliphatic carbocycles. The molecule has 4 rings (SSSR count). The molecule has 0 N–H and O–H groups in total. The quantitative estimate of drug-likeness (QED) is 0.682. The van der Waals surface area contributed by atoms with Gasteiger partial charge in [0, 0.05) is 42.8 Å². The van der Waals surface area contributed by atoms with E-state index in [0.717, 1.165) is 67.9 Å². The van der Waals surface area contributed by atoms with Crippen LogP contribution in [0.25, 0.3) is 11.3 Å². The Morgan fingerprint density at radius 1 is 1.08 bits per heavy atom. The fraction of sp³-hybridized carbons (Fsp3) is 0.368. The highest BCUT2D eigenvalue weighted by Crippen LogP contribution is 2.24. The molecule has 1 aromatic carbocycles. The monoisotopic (exact) mass is 372 g/mol. The number of aromatic nitrogens is 2. The molecule has 0 spiro atoms. The van der Waals surface area contributed by atoms with Gasteiger partial charge in [-0.3, -0.25) is 9.80 Å². The van der Waals surface area contributed by atoms with Gasteiger partial charge in [0.2, 0.25) is 5.89 Å². The van der Waals surface area contributed by atoms with Crippen LogP contribution in [0, 0.1) is 6.92 Å². The number of rotatable bonds is 5. The molecule has 2 aromatic heterocycles. The lowest BCUT2D eigenvalue weighted by atomic mass is 10.2. The third kappa shape index (κ3) is 4.15. The highest BCUT2D eigenvalue weighted by molar-refractivity contribution is 6.30. The Hall–Kier alpha value is -2.15. The molecule has 0 amide bonds. The van der Waals surface area contributed by atoms with E-state index in [4.69, 9.17) is 20.5 Å². The van der Waals surface area contributed by atoms with Gasteiger partial charge in [-0.15, -0.1) is 0 Å². The van der Waals surface area contributed by atoms with Gasteiger partial charge in [0.05, 0.1) is 25.0 Å². The van der Waals surface area contributed by atoms with Crippen LogP contribution in [0.1, 0.15) is 17.3 Å². The maximum absolute atomic E-state index is 6.04. The van der Waals surface area contributed by atoms with Crippen LogP contribution in [0.4, 0.5) is 0 Å². The summed E-state index contributed by atoms with van der Waals surface area (Å²) in [5.74, 6) is 2.41. The SMILES string of the molecule is Cc1cc(CN2CCN(Cc3ncc(-c4cccc(Cl)c4)o3)CC2)on1. The van der Waals surface area contributed by atoms with Gasteiger partial charge in [0.1, 0.15) is 0 Å². The average molecular weight is 373 g/mol. The second kappa shape index (κ2) is 7.61. The Morgan fingerprint density at radius 2 is 1.85 bits per heavy atom. The van der Waals surface area contributed by atoms with Gasteiger partial charge in [-0.25, -0.2) is 4.98 Å². The first-order valence-electron chi connectivity index (χ1n) is 8.73. The Kier molecular flexibility index (Phi) is 5.06. The second-order valence-electron chi connectivity index (χ2n) is 6.62. The molecular weight excluding hydrogens is 352 g/mol. The number of benzene rings is 1. The van der Waals surface area contributed by atoms with Crippen molar-refractivity contribution in [2.24, 2.45) is 0 Å². The highest BCUT2D eigenvalue weighted by atomic mass is 35.5. The zero-order valence-corrected chi connectivity index (χ0v) is 15.4. The largest absolute Gasteiger partial charge is 0.439 e. The summed E-state index contributed by atoms with van der Waals surface area (Å²) in [6, 6.07) is 9.61. The van der Waals surface area contributed by atoms with Crippen LogP contribution in [0.2, 0.25) is 5.02 Å². The normalized spacial score (nSPS) is 16.2. The topological polar surface area (TPSA) is 58.5 Å². The molecule has 7 heteroatoms. The number of hydrogen-bond acceptors (Lipinski definition) is 6. The zero-order valence-electron chi connectivity index (χ0n) is 14.7. The predicted octanol–water partition coefficient (Wildman–Crippen LogP) is 3.61. The van der Waals surface area contributed by atoms with Gasteiger partial charge < -0.3 is 8.94 Å². The van der Waals surface area contributed by atoms with Gasteiger partial charge in [0.25, 0.3) is 0 Å². The zero-order chi connectivity index (χ0) is 17.9. The van der Waals surface area contributed by atoms with Gasteiger partial charge in [-0.2, -0.15) is 0 Å². The molecule has 26 heavy (non-hydrogen) atoms. The Bertz CT molecular complexity index is 868. The summed E-state index contributed by atoms with van der Waals surface area (Å²) < 4.78 is 11.2. The molecule has 0 unspecified atom stereocenters. The van der Waals surface area contributed by atoms with E-state index in [2.05, 4.69) is 19.9 Å². The van der Waals surface area contributed by atoms with E-state index >= 15 is 0 Å². The minimum absolute atomic E-state index is 0.693. The van der Waals surface area contributed by atoms with E-state index in [-0.39, 0.29) is 0 Å². The lowest BCUT2D eigenvalue weighted by Gasteiger charge is -2.33. The van der Waals surface area contributed by atoms with Crippen LogP contribution in [-0.2, 0) is 13.1 Å². The minimum Gasteiger partial charge on any atom is -0.439 e. The maximum atomic E-state index is 6.04. The summed E-state index contributed by atoms with van der Waals surface area (Å²) in [5.41, 5.74) is 1.88. The van der Waals surface area contributed by atoms with E-state index in [1.807, 2.05) is 37.3 Å². The van der Waals surface area contributed by atoms with Crippen LogP contribution in [0.5, 0.6) is 0 Å². The van der Waals surface area contributed by atoms with E-state index in [1.54, 1.807) is 6.20 Å². The van der Waals surface area contributed by atoms with Crippen molar-refractivity contribution in [1.29, 1.82) is 0 Å². The fourth-order valence-corrected chi connectivity index (χ4v) is 3.36. The Labute approximate surface area is 157 Å². The average Bonchev–Trinajstić information content (AvgIpc) is 3.26. The lowest BCUT2D eigenvalue weighted by molar-refractivity contribution is 0.107. The molecule has 1 saturated heterocycles. The molecule has 6 nitrogen and oxygen atoms in total. The third-order valence-corrected chi connectivity index (χ3v) is 4.78. The number of halogens is 1. The van der Waals surface area contributed by atoms with Crippen molar-refractivity contribution >= 4 is 11.6 Å². The van der Waals surface area contributed by atoms with E-state index in [1.165, 1.54) is 0 Å². The third-order valence-electron chi connectivity index (χ3n) is 4.54. The van der Waals surface area contributed by atoms with Crippen molar-refractivity contribution in [2.45, 2.75) is 20.0 Å². The molecule has 1 fully saturated rings. The molecule has 0 bridgehead atoms. The van der Waals surface area contributed by atoms with Gasteiger partial charge in [0.15, 0.2) is 11.5 Å². The van der Waals surface area contributed by atoms with Crippen LogP contribution in [-0.4, -0.2) is 46.1 Å². The molecular formula is C19H21ClN4O2. The number of piperazine rings is 1. The van der Waals surface area contributed by atoms with Gasteiger partial charge in [-0.1, -0.05) is 28.9 Å². The Morgan fingerprint density at radius 3 is 2.54 bits per heavy atom. The smallest absolute Gasteiger partial charge is 0.209 e. The standard InChI is InChI=1S/C19H21ClN4O2/c1-14-9-17(26-22-14)12-23-5-7-24(8-6-23)13-19-21-11-18(25-19)15-3-2-4-16(20)10-15/h2-4,9-11H,5-8,12-13H2,1H3. The number of hydrogen-bond donors (Lipinski definition) is 0. The minimum atomic E-state index is 0.693. The van der Waals surface area contributed by atoms with Crippen molar-refractivity contribution in [3.63, 3.8) is 0 Å². The summed E-state index contributed by atoms with van der Waals surface area (Å²) in [6.45, 7) is 7.40. The van der Waals surface area contributed by atoms with Crippen LogP contribution in [0.15, 0.2) is 45.5 Å². The summed E-state index contributed by atoms with van der Waals surface area (Å²) in [4.78, 5) is 9.15. The summed E-state index contributed by atoms with van der Waals surface area (Å²) >= 11 is 6.04. The van der Waals surface area contributed by atoms with Crippen LogP contribution in [0.3, 0.4) is 0 Å². The molecule has 3 heterocycles. The summed E-state index contributed by atoms with van der Waals surface area (Å²) in [7, 11) is 0. The van der Waals surface area contributed by atoms with Crippen molar-refractivity contribution in [2.75, 3.05) is 26.2 Å². The molecule has 0 atom stereocenters. The van der Waals surface area contributed by atoms with Crippen molar-refractivity contribution in [3.8, 4) is 11.3 Å². The predicted molar refractivity (Wildman–Crippen MR) is 98.7 cm³/mol. The van der Waals surface area contributed by atoms with Crippen molar-refractivity contribution in [1.82, 2.24) is 19.9 Å². The van der Waals surface area contributed by atoms with Crippen LogP contribution < -0.4 is 0 Å². The van der Waals surface area contributed by atoms with Crippen molar-refractivity contribution < 1.29 is 8.94 Å². The number of aryl methyl sites for hydroxylation is 1. The highest BCUT2D eigenvalue weighted by Gasteiger charge is 2.20. The lowest BCUT2D eigenvalue weighted by Crippen LogP contribution is -2.45. The second-order valence-corrected chi connectivity index (χ2v) is 7.05. The molecule has 0 saturated carbocycles. The van der Waals surface area contributed by atoms with Gasteiger partial charge >= 0.3 is 0 Å². The molecule has 1 aliphatic heterocycles. The molecule has 3 aromatic rings. The maximum Gasteiger partial charge on any atom is 0.209 e. The number of oxazole rings is 1.